The maximum Gasteiger partial charge on any atom is 0.320 e. The third-order valence-electron chi connectivity index (χ3n) is 2.74. The second kappa shape index (κ2) is 5.49. The summed E-state index contributed by atoms with van der Waals surface area (Å²) in [4.78, 5) is 22.2. The largest absolute Gasteiger partial charge is 0.481 e. The molecule has 0 aromatic carbocycles. The number of carbonyl (C=O) groups is 2. The molecule has 0 radical (unpaired) electrons. The van der Waals surface area contributed by atoms with Gasteiger partial charge in [0.2, 0.25) is 0 Å². The van der Waals surface area contributed by atoms with Gasteiger partial charge in [-0.3, -0.25) is 9.59 Å². The van der Waals surface area contributed by atoms with Crippen LogP contribution in [0.4, 0.5) is 0 Å². The van der Waals surface area contributed by atoms with Gasteiger partial charge in [-0.1, -0.05) is 0 Å². The van der Waals surface area contributed by atoms with Crippen LogP contribution < -0.4 is 5.32 Å². The van der Waals surface area contributed by atoms with E-state index in [1.807, 2.05) is 20.8 Å². The summed E-state index contributed by atoms with van der Waals surface area (Å²) in [6.07, 6.45) is 2.08. The van der Waals surface area contributed by atoms with Gasteiger partial charge in [-0.2, -0.15) is 0 Å². The Balaban J connectivity index is 2.24. The molecule has 1 fully saturated rings. The molecule has 0 aromatic heterocycles. The van der Waals surface area contributed by atoms with Crippen molar-refractivity contribution in [3.8, 4) is 0 Å². The Kier molecular flexibility index (Phi) is 4.51. The molecule has 0 spiro atoms. The van der Waals surface area contributed by atoms with Crippen molar-refractivity contribution in [2.45, 2.75) is 51.7 Å². The predicted molar refractivity (Wildman–Crippen MR) is 62.6 cm³/mol. The van der Waals surface area contributed by atoms with Gasteiger partial charge in [0, 0.05) is 6.04 Å². The van der Waals surface area contributed by atoms with Crippen LogP contribution >= 0.6 is 0 Å². The summed E-state index contributed by atoms with van der Waals surface area (Å²) >= 11 is 0. The third kappa shape index (κ3) is 5.17. The fourth-order valence-electron chi connectivity index (χ4n) is 2.00. The van der Waals surface area contributed by atoms with Gasteiger partial charge >= 0.3 is 11.9 Å². The number of hydrogen-bond donors (Lipinski definition) is 2. The van der Waals surface area contributed by atoms with Gasteiger partial charge < -0.3 is 15.2 Å². The second-order valence-electron chi connectivity index (χ2n) is 5.51. The minimum atomic E-state index is -0.744. The first-order valence-corrected chi connectivity index (χ1v) is 5.96. The molecule has 2 N–H and O–H groups in total. The Morgan fingerprint density at radius 1 is 1.35 bits per heavy atom. The number of carboxylic acid groups (broad SMARTS) is 1. The lowest BCUT2D eigenvalue weighted by Crippen LogP contribution is -2.36. The van der Waals surface area contributed by atoms with E-state index in [1.165, 1.54) is 0 Å². The average Bonchev–Trinajstić information content (AvgIpc) is 2.60. The van der Waals surface area contributed by atoms with Crippen LogP contribution in [0.5, 0.6) is 0 Å². The zero-order valence-electron chi connectivity index (χ0n) is 10.7. The first-order valence-electron chi connectivity index (χ1n) is 5.96. The topological polar surface area (TPSA) is 75.6 Å². The van der Waals surface area contributed by atoms with Crippen molar-refractivity contribution in [3.63, 3.8) is 0 Å². The smallest absolute Gasteiger partial charge is 0.320 e. The number of nitrogens with one attached hydrogen (secondary N) is 1. The highest BCUT2D eigenvalue weighted by Gasteiger charge is 2.29. The molecule has 5 heteroatoms. The molecule has 0 aliphatic heterocycles. The molecule has 0 heterocycles. The van der Waals surface area contributed by atoms with E-state index in [1.54, 1.807) is 0 Å². The zero-order chi connectivity index (χ0) is 13.1. The van der Waals surface area contributed by atoms with E-state index >= 15 is 0 Å². The molecule has 1 aliphatic carbocycles. The van der Waals surface area contributed by atoms with Crippen molar-refractivity contribution in [2.75, 3.05) is 6.54 Å². The molecule has 0 amide bonds. The number of ether oxygens (including phenoxy) is 1. The van der Waals surface area contributed by atoms with Crippen LogP contribution in [0, 0.1) is 5.92 Å². The second-order valence-corrected chi connectivity index (χ2v) is 5.51. The molecule has 0 aromatic rings. The van der Waals surface area contributed by atoms with Crippen molar-refractivity contribution in [1.29, 1.82) is 0 Å². The molecule has 1 saturated carbocycles. The van der Waals surface area contributed by atoms with Crippen molar-refractivity contribution in [3.05, 3.63) is 0 Å². The van der Waals surface area contributed by atoms with Crippen molar-refractivity contribution >= 4 is 11.9 Å². The molecule has 17 heavy (non-hydrogen) atoms. The summed E-state index contributed by atoms with van der Waals surface area (Å²) in [5, 5.41) is 11.9. The quantitative estimate of drug-likeness (QED) is 0.725. The molecule has 0 saturated heterocycles. The summed E-state index contributed by atoms with van der Waals surface area (Å²) in [5.74, 6) is -1.31. The number of carboxylic acids is 1. The van der Waals surface area contributed by atoms with E-state index in [9.17, 15) is 9.59 Å². The van der Waals surface area contributed by atoms with Gasteiger partial charge in [-0.05, 0) is 40.0 Å². The van der Waals surface area contributed by atoms with Crippen LogP contribution in [-0.4, -0.2) is 35.2 Å². The lowest BCUT2D eigenvalue weighted by Gasteiger charge is -2.20. The van der Waals surface area contributed by atoms with Crippen LogP contribution in [0.25, 0.3) is 0 Å². The Bertz CT molecular complexity index is 295. The van der Waals surface area contributed by atoms with E-state index < -0.39 is 11.6 Å². The number of rotatable bonds is 4. The monoisotopic (exact) mass is 243 g/mol. The Hall–Kier alpha value is -1.10. The SMILES string of the molecule is CC(C)(C)OC(=O)CN[C@@H]1CC[C@@H](C(=O)O)C1. The maximum absolute atomic E-state index is 11.4. The third-order valence-corrected chi connectivity index (χ3v) is 2.74. The first-order chi connectivity index (χ1) is 7.78. The van der Waals surface area contributed by atoms with E-state index in [-0.39, 0.29) is 24.5 Å². The summed E-state index contributed by atoms with van der Waals surface area (Å²) < 4.78 is 5.15. The van der Waals surface area contributed by atoms with E-state index in [4.69, 9.17) is 9.84 Å². The Morgan fingerprint density at radius 3 is 2.47 bits per heavy atom. The minimum absolute atomic E-state index is 0.114. The average molecular weight is 243 g/mol. The lowest BCUT2D eigenvalue weighted by atomic mass is 10.1. The number of esters is 1. The van der Waals surface area contributed by atoms with Gasteiger partial charge in [0.05, 0.1) is 12.5 Å². The molecule has 1 rings (SSSR count). The van der Waals surface area contributed by atoms with E-state index in [0.29, 0.717) is 12.8 Å². The molecule has 0 bridgehead atoms. The van der Waals surface area contributed by atoms with Crippen molar-refractivity contribution in [2.24, 2.45) is 5.92 Å². The highest BCUT2D eigenvalue weighted by atomic mass is 16.6. The van der Waals surface area contributed by atoms with Crippen LogP contribution in [0.3, 0.4) is 0 Å². The maximum atomic E-state index is 11.4. The predicted octanol–water partition coefficient (Wildman–Crippen LogP) is 1.17. The van der Waals surface area contributed by atoms with Crippen LogP contribution in [0.15, 0.2) is 0 Å². The van der Waals surface area contributed by atoms with Gasteiger partial charge in [0.15, 0.2) is 0 Å². The van der Waals surface area contributed by atoms with Gasteiger partial charge in [-0.25, -0.2) is 0 Å². The van der Waals surface area contributed by atoms with Crippen molar-refractivity contribution < 1.29 is 19.4 Å². The Morgan fingerprint density at radius 2 is 2.00 bits per heavy atom. The van der Waals surface area contributed by atoms with Crippen LogP contribution in [-0.2, 0) is 14.3 Å². The molecular weight excluding hydrogens is 222 g/mol. The first kappa shape index (κ1) is 14.0. The number of aliphatic carboxylic acids is 1. The highest BCUT2D eigenvalue weighted by molar-refractivity contribution is 5.72. The molecule has 1 aliphatic rings. The summed E-state index contributed by atoms with van der Waals surface area (Å²) in [6.45, 7) is 5.61. The van der Waals surface area contributed by atoms with E-state index in [2.05, 4.69) is 5.32 Å². The molecule has 5 nitrogen and oxygen atoms in total. The van der Waals surface area contributed by atoms with Gasteiger partial charge in [0.1, 0.15) is 5.60 Å². The van der Waals surface area contributed by atoms with Crippen LogP contribution in [0.2, 0.25) is 0 Å². The highest BCUT2D eigenvalue weighted by Crippen LogP contribution is 2.25. The van der Waals surface area contributed by atoms with Gasteiger partial charge in [0.25, 0.3) is 0 Å². The standard InChI is InChI=1S/C12H21NO4/c1-12(2,3)17-10(14)7-13-9-5-4-8(6-9)11(15)16/h8-9,13H,4-7H2,1-3H3,(H,15,16)/t8-,9-/m1/s1. The Labute approximate surface area is 102 Å². The minimum Gasteiger partial charge on any atom is -0.481 e. The summed E-state index contributed by atoms with van der Waals surface area (Å²) in [7, 11) is 0. The molecule has 2 atom stereocenters. The zero-order valence-corrected chi connectivity index (χ0v) is 10.7. The van der Waals surface area contributed by atoms with E-state index in [0.717, 1.165) is 6.42 Å². The van der Waals surface area contributed by atoms with Gasteiger partial charge in [-0.15, -0.1) is 0 Å². The van der Waals surface area contributed by atoms with Crippen LogP contribution in [0.1, 0.15) is 40.0 Å². The molecule has 0 unspecified atom stereocenters. The fourth-order valence-corrected chi connectivity index (χ4v) is 2.00. The normalized spacial score (nSPS) is 24.6. The molecule has 98 valence electrons. The summed E-state index contributed by atoms with van der Waals surface area (Å²) in [6, 6.07) is 0.114. The van der Waals surface area contributed by atoms with Crippen molar-refractivity contribution in [1.82, 2.24) is 5.32 Å². The number of hydrogen-bond acceptors (Lipinski definition) is 4. The summed E-state index contributed by atoms with van der Waals surface area (Å²) in [5.41, 5.74) is -0.474. The lowest BCUT2D eigenvalue weighted by molar-refractivity contribution is -0.153. The molecular formula is C12H21NO4. The number of carbonyl (C=O) groups excluding carboxylic acids is 1. The fraction of sp³-hybridized carbons (Fsp3) is 0.833.